The van der Waals surface area contributed by atoms with Crippen molar-refractivity contribution in [3.63, 3.8) is 0 Å². The van der Waals surface area contributed by atoms with Crippen LogP contribution in [0.4, 0.5) is 0 Å². The summed E-state index contributed by atoms with van der Waals surface area (Å²) < 4.78 is 0. The van der Waals surface area contributed by atoms with Gasteiger partial charge in [-0.25, -0.2) is 0 Å². The Hall–Kier alpha value is -0.120. The average Bonchev–Trinajstić information content (AvgIpc) is 2.28. The van der Waals surface area contributed by atoms with Crippen molar-refractivity contribution >= 4 is 0 Å². The maximum Gasteiger partial charge on any atom is 0.0220 e. The zero-order valence-electron chi connectivity index (χ0n) is 13.2. The molecule has 1 N–H and O–H groups in total. The van der Waals surface area contributed by atoms with Gasteiger partial charge in [-0.3, -0.25) is 0 Å². The van der Waals surface area contributed by atoms with E-state index in [0.717, 1.165) is 6.54 Å². The molecule has 1 rings (SSSR count). The first kappa shape index (κ1) is 15.9. The van der Waals surface area contributed by atoms with Gasteiger partial charge in [0.1, 0.15) is 0 Å². The first-order valence-electron chi connectivity index (χ1n) is 7.55. The molecule has 18 heavy (non-hydrogen) atoms. The minimum absolute atomic E-state index is 0.621. The number of likely N-dealkylation sites (N-methyl/N-ethyl adjacent to an activating group) is 1. The summed E-state index contributed by atoms with van der Waals surface area (Å²) in [4.78, 5) is 4.88. The Kier molecular flexibility index (Phi) is 6.61. The second-order valence-electron chi connectivity index (χ2n) is 6.68. The van der Waals surface area contributed by atoms with Crippen LogP contribution in [0.5, 0.6) is 0 Å². The second kappa shape index (κ2) is 7.46. The molecule has 1 fully saturated rings. The van der Waals surface area contributed by atoms with Crippen LogP contribution in [0.1, 0.15) is 40.5 Å². The molecular formula is C15H33N3. The van der Waals surface area contributed by atoms with Gasteiger partial charge < -0.3 is 15.1 Å². The molecule has 3 nitrogen and oxygen atoms in total. The van der Waals surface area contributed by atoms with E-state index < -0.39 is 0 Å². The van der Waals surface area contributed by atoms with Crippen LogP contribution >= 0.6 is 0 Å². The fourth-order valence-corrected chi connectivity index (χ4v) is 2.73. The second-order valence-corrected chi connectivity index (χ2v) is 6.68. The van der Waals surface area contributed by atoms with E-state index >= 15 is 0 Å². The number of hydrogen-bond acceptors (Lipinski definition) is 3. The maximum absolute atomic E-state index is 3.88. The molecule has 1 atom stereocenters. The van der Waals surface area contributed by atoms with Gasteiger partial charge in [0.15, 0.2) is 0 Å². The van der Waals surface area contributed by atoms with Crippen molar-refractivity contribution in [2.75, 3.05) is 33.7 Å². The minimum Gasteiger partial charge on any atom is -0.310 e. The van der Waals surface area contributed by atoms with E-state index in [1.165, 1.54) is 25.9 Å². The molecule has 1 saturated heterocycles. The minimum atomic E-state index is 0.621. The lowest BCUT2D eigenvalue weighted by molar-refractivity contribution is 0.147. The molecule has 0 spiro atoms. The molecule has 0 aromatic carbocycles. The van der Waals surface area contributed by atoms with Crippen molar-refractivity contribution in [3.8, 4) is 0 Å². The van der Waals surface area contributed by atoms with Crippen LogP contribution in [-0.2, 0) is 0 Å². The quantitative estimate of drug-likeness (QED) is 0.783. The number of rotatable bonds is 6. The van der Waals surface area contributed by atoms with Gasteiger partial charge in [0.2, 0.25) is 0 Å². The largest absolute Gasteiger partial charge is 0.310 e. The van der Waals surface area contributed by atoms with Gasteiger partial charge in [0.05, 0.1) is 0 Å². The SMILES string of the molecule is CC(C)C(CN(C)C)NC1CCN(C(C)C)CC1. The summed E-state index contributed by atoms with van der Waals surface area (Å²) in [6.45, 7) is 12.9. The molecule has 108 valence electrons. The Morgan fingerprint density at radius 3 is 2.06 bits per heavy atom. The van der Waals surface area contributed by atoms with E-state index in [4.69, 9.17) is 0 Å². The third kappa shape index (κ3) is 5.25. The molecule has 0 aromatic heterocycles. The van der Waals surface area contributed by atoms with E-state index in [-0.39, 0.29) is 0 Å². The molecule has 0 bridgehead atoms. The lowest BCUT2D eigenvalue weighted by Gasteiger charge is -2.38. The number of hydrogen-bond donors (Lipinski definition) is 1. The van der Waals surface area contributed by atoms with E-state index in [2.05, 4.69) is 56.9 Å². The molecular weight excluding hydrogens is 222 g/mol. The van der Waals surface area contributed by atoms with Crippen molar-refractivity contribution in [2.24, 2.45) is 5.92 Å². The topological polar surface area (TPSA) is 18.5 Å². The highest BCUT2D eigenvalue weighted by molar-refractivity contribution is 4.83. The zero-order chi connectivity index (χ0) is 13.7. The Morgan fingerprint density at radius 2 is 1.67 bits per heavy atom. The van der Waals surface area contributed by atoms with Crippen LogP contribution in [0.2, 0.25) is 0 Å². The number of nitrogens with one attached hydrogen (secondary N) is 1. The van der Waals surface area contributed by atoms with Gasteiger partial charge in [-0.05, 0) is 59.8 Å². The summed E-state index contributed by atoms with van der Waals surface area (Å²) in [5, 5.41) is 3.88. The zero-order valence-corrected chi connectivity index (χ0v) is 13.2. The van der Waals surface area contributed by atoms with Crippen LogP contribution < -0.4 is 5.32 Å². The van der Waals surface area contributed by atoms with Crippen LogP contribution in [-0.4, -0.2) is 61.7 Å². The summed E-state index contributed by atoms with van der Waals surface area (Å²) in [6.07, 6.45) is 2.60. The molecule has 0 aliphatic carbocycles. The van der Waals surface area contributed by atoms with Crippen LogP contribution in [0.25, 0.3) is 0 Å². The fraction of sp³-hybridized carbons (Fsp3) is 1.00. The Labute approximate surface area is 114 Å². The number of likely N-dealkylation sites (tertiary alicyclic amines) is 1. The summed E-state index contributed by atoms with van der Waals surface area (Å²) in [5.74, 6) is 0.704. The Morgan fingerprint density at radius 1 is 1.11 bits per heavy atom. The molecule has 1 aliphatic heterocycles. The van der Waals surface area contributed by atoms with Gasteiger partial charge >= 0.3 is 0 Å². The normalized spacial score (nSPS) is 21.2. The lowest BCUT2D eigenvalue weighted by Crippen LogP contribution is -2.51. The molecule has 1 aliphatic rings. The van der Waals surface area contributed by atoms with Gasteiger partial charge in [-0.15, -0.1) is 0 Å². The molecule has 1 unspecified atom stereocenters. The van der Waals surface area contributed by atoms with Gasteiger partial charge in [-0.1, -0.05) is 13.8 Å². The number of piperidine rings is 1. The predicted molar refractivity (Wildman–Crippen MR) is 80.0 cm³/mol. The van der Waals surface area contributed by atoms with Crippen molar-refractivity contribution in [3.05, 3.63) is 0 Å². The van der Waals surface area contributed by atoms with E-state index in [9.17, 15) is 0 Å². The first-order chi connectivity index (χ1) is 8.40. The monoisotopic (exact) mass is 255 g/mol. The molecule has 0 aromatic rings. The highest BCUT2D eigenvalue weighted by Gasteiger charge is 2.24. The molecule has 3 heteroatoms. The van der Waals surface area contributed by atoms with Crippen LogP contribution in [0.15, 0.2) is 0 Å². The number of nitrogens with zero attached hydrogens (tertiary/aromatic N) is 2. The lowest BCUT2D eigenvalue weighted by atomic mass is 9.98. The summed E-state index contributed by atoms with van der Waals surface area (Å²) in [5.41, 5.74) is 0. The molecule has 1 heterocycles. The third-order valence-electron chi connectivity index (χ3n) is 4.08. The average molecular weight is 255 g/mol. The summed E-state index contributed by atoms with van der Waals surface area (Å²) >= 11 is 0. The third-order valence-corrected chi connectivity index (χ3v) is 4.08. The van der Waals surface area contributed by atoms with E-state index in [1.54, 1.807) is 0 Å². The van der Waals surface area contributed by atoms with Crippen molar-refractivity contribution in [1.82, 2.24) is 15.1 Å². The Balaban J connectivity index is 2.37. The van der Waals surface area contributed by atoms with Crippen molar-refractivity contribution in [2.45, 2.75) is 58.7 Å². The van der Waals surface area contributed by atoms with Gasteiger partial charge in [0, 0.05) is 24.7 Å². The highest BCUT2D eigenvalue weighted by Crippen LogP contribution is 2.15. The molecule has 0 amide bonds. The smallest absolute Gasteiger partial charge is 0.0220 e. The van der Waals surface area contributed by atoms with Gasteiger partial charge in [-0.2, -0.15) is 0 Å². The first-order valence-corrected chi connectivity index (χ1v) is 7.55. The summed E-state index contributed by atoms with van der Waals surface area (Å²) in [6, 6.07) is 2.04. The molecule has 0 saturated carbocycles. The maximum atomic E-state index is 3.88. The fourth-order valence-electron chi connectivity index (χ4n) is 2.73. The standard InChI is InChI=1S/C15H33N3/c1-12(2)15(11-17(5)6)16-14-7-9-18(10-8-14)13(3)4/h12-16H,7-11H2,1-6H3. The molecule has 0 radical (unpaired) electrons. The highest BCUT2D eigenvalue weighted by atomic mass is 15.2. The van der Waals surface area contributed by atoms with Crippen molar-refractivity contribution < 1.29 is 0 Å². The Bertz CT molecular complexity index is 218. The van der Waals surface area contributed by atoms with Crippen LogP contribution in [0.3, 0.4) is 0 Å². The summed E-state index contributed by atoms with van der Waals surface area (Å²) in [7, 11) is 4.33. The van der Waals surface area contributed by atoms with E-state index in [1.807, 2.05) is 0 Å². The van der Waals surface area contributed by atoms with E-state index in [0.29, 0.717) is 24.0 Å². The van der Waals surface area contributed by atoms with Crippen LogP contribution in [0, 0.1) is 5.92 Å². The van der Waals surface area contributed by atoms with Gasteiger partial charge in [0.25, 0.3) is 0 Å². The van der Waals surface area contributed by atoms with Crippen molar-refractivity contribution in [1.29, 1.82) is 0 Å². The predicted octanol–water partition coefficient (Wildman–Crippen LogP) is 2.04.